The molecule has 0 aromatic rings. The van der Waals surface area contributed by atoms with Gasteiger partial charge in [-0.25, -0.2) is 0 Å². The number of unbranched alkanes of at least 4 members (excludes halogenated alkanes) is 2. The Kier molecular flexibility index (Phi) is 5.95. The normalized spacial score (nSPS) is 23.6. The van der Waals surface area contributed by atoms with Crippen molar-refractivity contribution in [2.24, 2.45) is 11.8 Å². The predicted molar refractivity (Wildman–Crippen MR) is 67.1 cm³/mol. The van der Waals surface area contributed by atoms with E-state index in [-0.39, 0.29) is 0 Å². The van der Waals surface area contributed by atoms with Gasteiger partial charge in [0.25, 0.3) is 0 Å². The molecule has 1 atom stereocenters. The van der Waals surface area contributed by atoms with Crippen LogP contribution in [-0.4, -0.2) is 30.3 Å². The van der Waals surface area contributed by atoms with Gasteiger partial charge >= 0.3 is 0 Å². The lowest BCUT2D eigenvalue weighted by molar-refractivity contribution is 0.297. The second-order valence-electron chi connectivity index (χ2n) is 4.88. The van der Waals surface area contributed by atoms with E-state index >= 15 is 0 Å². The smallest absolute Gasteiger partial charge is 0.00126 e. The molecule has 1 rings (SSSR count). The van der Waals surface area contributed by atoms with Crippen LogP contribution in [0, 0.1) is 11.8 Å². The van der Waals surface area contributed by atoms with E-state index in [0.717, 1.165) is 17.6 Å². The third-order valence-electron chi connectivity index (χ3n) is 3.38. The molecule has 0 radical (unpaired) electrons. The molecular weight excluding hydrogens is 190 g/mol. The van der Waals surface area contributed by atoms with E-state index in [1.54, 1.807) is 0 Å². The van der Waals surface area contributed by atoms with Crippen LogP contribution < -0.4 is 0 Å². The monoisotopic (exact) mass is 215 g/mol. The maximum Gasteiger partial charge on any atom is 0.00126 e. The van der Waals surface area contributed by atoms with Crippen molar-refractivity contribution in [2.75, 3.05) is 25.4 Å². The fourth-order valence-corrected chi connectivity index (χ4v) is 2.46. The molecule has 1 unspecified atom stereocenters. The van der Waals surface area contributed by atoms with Crippen molar-refractivity contribution in [3.8, 4) is 0 Å². The third-order valence-corrected chi connectivity index (χ3v) is 3.70. The van der Waals surface area contributed by atoms with E-state index < -0.39 is 0 Å². The zero-order valence-corrected chi connectivity index (χ0v) is 10.6. The molecule has 14 heavy (non-hydrogen) atoms. The highest BCUT2D eigenvalue weighted by molar-refractivity contribution is 7.80. The van der Waals surface area contributed by atoms with Gasteiger partial charge in [-0.1, -0.05) is 20.3 Å². The highest BCUT2D eigenvalue weighted by atomic mass is 32.1. The number of hydrogen-bond acceptors (Lipinski definition) is 2. The predicted octanol–water partition coefficient (Wildman–Crippen LogP) is 3.06. The van der Waals surface area contributed by atoms with Crippen LogP contribution in [0.25, 0.3) is 0 Å². The van der Waals surface area contributed by atoms with Gasteiger partial charge in [-0.15, -0.1) is 0 Å². The average Bonchev–Trinajstić information content (AvgIpc) is 2.61. The average molecular weight is 215 g/mol. The summed E-state index contributed by atoms with van der Waals surface area (Å²) >= 11 is 4.23. The summed E-state index contributed by atoms with van der Waals surface area (Å²) in [6.45, 7) is 8.71. The lowest BCUT2D eigenvalue weighted by Gasteiger charge is -2.17. The molecule has 1 heterocycles. The van der Waals surface area contributed by atoms with E-state index in [4.69, 9.17) is 0 Å². The summed E-state index contributed by atoms with van der Waals surface area (Å²) in [7, 11) is 0. The first kappa shape index (κ1) is 12.4. The van der Waals surface area contributed by atoms with Gasteiger partial charge in [-0.05, 0) is 49.9 Å². The van der Waals surface area contributed by atoms with Gasteiger partial charge < -0.3 is 4.90 Å². The highest BCUT2D eigenvalue weighted by Gasteiger charge is 2.23. The number of hydrogen-bond donors (Lipinski definition) is 1. The molecule has 1 nitrogen and oxygen atoms in total. The van der Waals surface area contributed by atoms with E-state index in [0.29, 0.717) is 0 Å². The van der Waals surface area contributed by atoms with Gasteiger partial charge in [-0.2, -0.15) is 12.6 Å². The third kappa shape index (κ3) is 4.22. The molecule has 2 heteroatoms. The van der Waals surface area contributed by atoms with E-state index in [9.17, 15) is 0 Å². The van der Waals surface area contributed by atoms with Gasteiger partial charge in [0.1, 0.15) is 0 Å². The Labute approximate surface area is 94.7 Å². The second kappa shape index (κ2) is 6.73. The van der Waals surface area contributed by atoms with Crippen LogP contribution in [0.1, 0.15) is 39.5 Å². The van der Waals surface area contributed by atoms with Gasteiger partial charge in [0.15, 0.2) is 0 Å². The maximum absolute atomic E-state index is 4.23. The van der Waals surface area contributed by atoms with E-state index in [1.165, 1.54) is 45.3 Å². The van der Waals surface area contributed by atoms with Crippen molar-refractivity contribution in [1.82, 2.24) is 4.90 Å². The van der Waals surface area contributed by atoms with Gasteiger partial charge in [-0.3, -0.25) is 0 Å². The number of rotatable bonds is 6. The van der Waals surface area contributed by atoms with Crippen LogP contribution >= 0.6 is 12.6 Å². The first-order valence-corrected chi connectivity index (χ1v) is 6.70. The molecule has 0 amide bonds. The zero-order valence-electron chi connectivity index (χ0n) is 9.71. The Morgan fingerprint density at radius 1 is 1.29 bits per heavy atom. The Bertz CT molecular complexity index is 147. The zero-order chi connectivity index (χ0) is 10.4. The summed E-state index contributed by atoms with van der Waals surface area (Å²) in [4.78, 5) is 2.64. The standard InChI is InChI=1S/C12H25NS/c1-11(2)12-6-8-13(10-12)7-4-3-5-9-14/h11-12,14H,3-10H2,1-2H3. The fourth-order valence-electron chi connectivity index (χ4n) is 2.23. The van der Waals surface area contributed by atoms with Crippen LogP contribution in [-0.2, 0) is 0 Å². The van der Waals surface area contributed by atoms with E-state index in [2.05, 4.69) is 31.4 Å². The lowest BCUT2D eigenvalue weighted by Crippen LogP contribution is -2.23. The van der Waals surface area contributed by atoms with Gasteiger partial charge in [0.2, 0.25) is 0 Å². The number of nitrogens with zero attached hydrogens (tertiary/aromatic N) is 1. The minimum absolute atomic E-state index is 0.873. The maximum atomic E-state index is 4.23. The van der Waals surface area contributed by atoms with Crippen molar-refractivity contribution >= 4 is 12.6 Å². The van der Waals surface area contributed by atoms with Crippen molar-refractivity contribution in [2.45, 2.75) is 39.5 Å². The molecule has 1 aliphatic rings. The Morgan fingerprint density at radius 3 is 2.64 bits per heavy atom. The molecule has 0 aliphatic carbocycles. The summed E-state index contributed by atoms with van der Waals surface area (Å²) in [6.07, 6.45) is 5.42. The van der Waals surface area contributed by atoms with Crippen molar-refractivity contribution < 1.29 is 0 Å². The summed E-state index contributed by atoms with van der Waals surface area (Å²) in [5.74, 6) is 2.88. The lowest BCUT2D eigenvalue weighted by atomic mass is 9.95. The molecule has 1 fully saturated rings. The number of likely N-dealkylation sites (tertiary alicyclic amines) is 1. The minimum Gasteiger partial charge on any atom is -0.303 e. The topological polar surface area (TPSA) is 3.24 Å². The second-order valence-corrected chi connectivity index (χ2v) is 5.32. The summed E-state index contributed by atoms with van der Waals surface area (Å²) < 4.78 is 0. The molecular formula is C12H25NS. The molecule has 1 aliphatic heterocycles. The molecule has 0 N–H and O–H groups in total. The molecule has 0 bridgehead atoms. The molecule has 1 saturated heterocycles. The molecule has 84 valence electrons. The van der Waals surface area contributed by atoms with Gasteiger partial charge in [0.05, 0.1) is 0 Å². The van der Waals surface area contributed by atoms with Crippen LogP contribution in [0.5, 0.6) is 0 Å². The fraction of sp³-hybridized carbons (Fsp3) is 1.00. The summed E-state index contributed by atoms with van der Waals surface area (Å²) in [5, 5.41) is 0. The molecule has 0 aromatic heterocycles. The van der Waals surface area contributed by atoms with Gasteiger partial charge in [0, 0.05) is 6.54 Å². The Balaban J connectivity index is 2.04. The SMILES string of the molecule is CC(C)C1CCN(CCCCCS)C1. The van der Waals surface area contributed by atoms with E-state index in [1.807, 2.05) is 0 Å². The largest absolute Gasteiger partial charge is 0.303 e. The first-order valence-electron chi connectivity index (χ1n) is 6.07. The van der Waals surface area contributed by atoms with Crippen LogP contribution in [0.4, 0.5) is 0 Å². The van der Waals surface area contributed by atoms with Crippen LogP contribution in [0.2, 0.25) is 0 Å². The first-order chi connectivity index (χ1) is 6.74. The molecule has 0 spiro atoms. The van der Waals surface area contributed by atoms with Crippen molar-refractivity contribution in [3.05, 3.63) is 0 Å². The summed E-state index contributed by atoms with van der Waals surface area (Å²) in [6, 6.07) is 0. The number of thiol groups is 1. The summed E-state index contributed by atoms with van der Waals surface area (Å²) in [5.41, 5.74) is 0. The minimum atomic E-state index is 0.873. The highest BCUT2D eigenvalue weighted by Crippen LogP contribution is 2.23. The van der Waals surface area contributed by atoms with Crippen LogP contribution in [0.15, 0.2) is 0 Å². The quantitative estimate of drug-likeness (QED) is 0.526. The molecule has 0 saturated carbocycles. The Hall–Kier alpha value is 0.310. The molecule has 0 aromatic carbocycles. The van der Waals surface area contributed by atoms with Crippen molar-refractivity contribution in [1.29, 1.82) is 0 Å². The Morgan fingerprint density at radius 2 is 2.07 bits per heavy atom. The van der Waals surface area contributed by atoms with Crippen LogP contribution in [0.3, 0.4) is 0 Å². The van der Waals surface area contributed by atoms with Crippen molar-refractivity contribution in [3.63, 3.8) is 0 Å².